The molecule has 1 aromatic carbocycles. The first kappa shape index (κ1) is 16.7. The van der Waals surface area contributed by atoms with E-state index in [1.807, 2.05) is 0 Å². The van der Waals surface area contributed by atoms with Crippen LogP contribution < -0.4 is 5.32 Å². The zero-order chi connectivity index (χ0) is 16.3. The lowest BCUT2D eigenvalue weighted by atomic mass is 10.0. The molecule has 22 heavy (non-hydrogen) atoms. The van der Waals surface area contributed by atoms with Crippen LogP contribution in [0.3, 0.4) is 0 Å². The van der Waals surface area contributed by atoms with Crippen LogP contribution in [0.5, 0.6) is 0 Å². The van der Waals surface area contributed by atoms with Gasteiger partial charge in [-0.15, -0.1) is 11.3 Å². The van der Waals surface area contributed by atoms with E-state index >= 15 is 0 Å². The fourth-order valence-electron chi connectivity index (χ4n) is 1.89. The Kier molecular flexibility index (Phi) is 5.00. The number of nitrogens with zero attached hydrogens (tertiary/aromatic N) is 1. The van der Waals surface area contributed by atoms with Gasteiger partial charge in [0.1, 0.15) is 17.8 Å². The average Bonchev–Trinajstić information content (AvgIpc) is 2.89. The van der Waals surface area contributed by atoms with Gasteiger partial charge in [0.15, 0.2) is 0 Å². The van der Waals surface area contributed by atoms with E-state index in [-0.39, 0.29) is 6.54 Å². The zero-order valence-electron chi connectivity index (χ0n) is 12.7. The summed E-state index contributed by atoms with van der Waals surface area (Å²) in [6.45, 7) is 5.16. The molecule has 2 rings (SSSR count). The number of nitrogens with one attached hydrogen (secondary N) is 1. The second-order valence-corrected chi connectivity index (χ2v) is 6.86. The Labute approximate surface area is 132 Å². The molecule has 0 saturated heterocycles. The Morgan fingerprint density at radius 1 is 1.41 bits per heavy atom. The van der Waals surface area contributed by atoms with Crippen LogP contribution in [0.25, 0.3) is 10.2 Å². The highest BCUT2D eigenvalue weighted by molar-refractivity contribution is 7.16. The van der Waals surface area contributed by atoms with Crippen molar-refractivity contribution in [2.75, 3.05) is 6.54 Å². The van der Waals surface area contributed by atoms with Crippen LogP contribution in [0.2, 0.25) is 0 Å². The molecule has 0 spiro atoms. The van der Waals surface area contributed by atoms with Gasteiger partial charge in [0, 0.05) is 6.54 Å². The van der Waals surface area contributed by atoms with Crippen molar-refractivity contribution in [1.29, 1.82) is 0 Å². The maximum atomic E-state index is 11.5. The number of carbonyl (C=O) groups excluding carboxylic acids is 1. The maximum Gasteiger partial charge on any atom is 0.407 e. The van der Waals surface area contributed by atoms with Gasteiger partial charge >= 0.3 is 6.09 Å². The summed E-state index contributed by atoms with van der Waals surface area (Å²) in [5.41, 5.74) is 2.55. The van der Waals surface area contributed by atoms with E-state index in [1.165, 1.54) is 11.3 Å². The number of amides is 1. The Balaban J connectivity index is 1.94. The first-order chi connectivity index (χ1) is 10.3. The largest absolute Gasteiger partial charge is 0.444 e. The number of ether oxygens (including phenoxy) is 1. The molecule has 0 radical (unpaired) electrons. The number of aliphatic hydroxyl groups is 2. The fourth-order valence-corrected chi connectivity index (χ4v) is 2.62. The van der Waals surface area contributed by atoms with Gasteiger partial charge in [-0.05, 0) is 38.5 Å². The third-order valence-electron chi connectivity index (χ3n) is 2.92. The molecule has 0 saturated carbocycles. The topological polar surface area (TPSA) is 91.7 Å². The van der Waals surface area contributed by atoms with Crippen LogP contribution >= 0.6 is 11.3 Å². The minimum absolute atomic E-state index is 0.100. The van der Waals surface area contributed by atoms with Crippen molar-refractivity contribution in [3.05, 3.63) is 29.3 Å². The van der Waals surface area contributed by atoms with Gasteiger partial charge in [0.25, 0.3) is 0 Å². The van der Waals surface area contributed by atoms with Crippen molar-refractivity contribution in [1.82, 2.24) is 10.3 Å². The van der Waals surface area contributed by atoms with Crippen LogP contribution in [-0.4, -0.2) is 39.5 Å². The summed E-state index contributed by atoms with van der Waals surface area (Å²) in [5.74, 6) is 0. The lowest BCUT2D eigenvalue weighted by molar-refractivity contribution is 0.0130. The van der Waals surface area contributed by atoms with Crippen molar-refractivity contribution >= 4 is 27.6 Å². The number of aromatic nitrogens is 1. The van der Waals surface area contributed by atoms with Crippen molar-refractivity contribution in [3.8, 4) is 0 Å². The van der Waals surface area contributed by atoms with Crippen molar-refractivity contribution in [2.45, 2.75) is 38.6 Å². The molecule has 1 aromatic heterocycles. The summed E-state index contributed by atoms with van der Waals surface area (Å²) < 4.78 is 6.01. The quantitative estimate of drug-likeness (QED) is 0.802. The summed E-state index contributed by atoms with van der Waals surface area (Å²) in [7, 11) is 0. The van der Waals surface area contributed by atoms with Crippen LogP contribution in [0.1, 0.15) is 32.4 Å². The van der Waals surface area contributed by atoms with Crippen molar-refractivity contribution in [3.63, 3.8) is 0 Å². The van der Waals surface area contributed by atoms with E-state index in [1.54, 1.807) is 44.5 Å². The van der Waals surface area contributed by atoms with E-state index in [0.29, 0.717) is 5.56 Å². The van der Waals surface area contributed by atoms with Crippen LogP contribution in [0.4, 0.5) is 4.79 Å². The Morgan fingerprint density at radius 2 is 2.14 bits per heavy atom. The number of carbonyl (C=O) groups is 1. The van der Waals surface area contributed by atoms with Crippen LogP contribution in [0, 0.1) is 0 Å². The maximum absolute atomic E-state index is 11.5. The Hall–Kier alpha value is -1.70. The van der Waals surface area contributed by atoms with Gasteiger partial charge < -0.3 is 20.3 Å². The number of thiazole rings is 1. The van der Waals surface area contributed by atoms with E-state index in [9.17, 15) is 15.0 Å². The second kappa shape index (κ2) is 6.60. The molecule has 0 fully saturated rings. The molecule has 0 bridgehead atoms. The van der Waals surface area contributed by atoms with Crippen LogP contribution in [-0.2, 0) is 4.74 Å². The fraction of sp³-hybridized carbons (Fsp3) is 0.467. The molecule has 0 aliphatic carbocycles. The van der Waals surface area contributed by atoms with E-state index < -0.39 is 23.9 Å². The predicted molar refractivity (Wildman–Crippen MR) is 84.8 cm³/mol. The molecule has 120 valence electrons. The molecule has 2 atom stereocenters. The lowest BCUT2D eigenvalue weighted by Gasteiger charge is -2.22. The van der Waals surface area contributed by atoms with Gasteiger partial charge in [0.05, 0.1) is 15.7 Å². The average molecular weight is 324 g/mol. The monoisotopic (exact) mass is 324 g/mol. The third kappa shape index (κ3) is 4.40. The van der Waals surface area contributed by atoms with Gasteiger partial charge in [-0.2, -0.15) is 0 Å². The summed E-state index contributed by atoms with van der Waals surface area (Å²) in [6.07, 6.45) is -2.85. The highest BCUT2D eigenvalue weighted by Crippen LogP contribution is 2.24. The highest BCUT2D eigenvalue weighted by Gasteiger charge is 2.21. The normalized spacial score (nSPS) is 14.6. The molecule has 2 unspecified atom stereocenters. The van der Waals surface area contributed by atoms with E-state index in [4.69, 9.17) is 4.74 Å². The smallest absolute Gasteiger partial charge is 0.407 e. The van der Waals surface area contributed by atoms with Gasteiger partial charge in [0.2, 0.25) is 0 Å². The minimum atomic E-state index is -1.13. The first-order valence-corrected chi connectivity index (χ1v) is 7.80. The molecule has 7 heteroatoms. The number of aliphatic hydroxyl groups excluding tert-OH is 2. The molecular formula is C15H20N2O4S. The molecule has 0 aliphatic rings. The van der Waals surface area contributed by atoms with E-state index in [0.717, 1.165) is 10.2 Å². The molecule has 3 N–H and O–H groups in total. The lowest BCUT2D eigenvalue weighted by Crippen LogP contribution is -2.38. The number of fused-ring (bicyclic) bond motifs is 1. The summed E-state index contributed by atoms with van der Waals surface area (Å²) >= 11 is 1.46. The van der Waals surface area contributed by atoms with E-state index in [2.05, 4.69) is 10.3 Å². The molecule has 1 amide bonds. The van der Waals surface area contributed by atoms with Crippen LogP contribution in [0.15, 0.2) is 23.7 Å². The molecule has 2 aromatic rings. The number of benzene rings is 1. The third-order valence-corrected chi connectivity index (χ3v) is 3.71. The number of alkyl carbamates (subject to hydrolysis) is 1. The minimum Gasteiger partial charge on any atom is -0.444 e. The standard InChI is InChI=1S/C15H20N2O4S/c1-15(2,3)21-14(20)16-7-11(18)13(19)9-4-5-10-12(6-9)22-8-17-10/h4-6,8,11,13,18-19H,7H2,1-3H3,(H,16,20). The molecule has 0 aliphatic heterocycles. The van der Waals surface area contributed by atoms with Gasteiger partial charge in [-0.1, -0.05) is 6.07 Å². The first-order valence-electron chi connectivity index (χ1n) is 6.92. The zero-order valence-corrected chi connectivity index (χ0v) is 13.6. The highest BCUT2D eigenvalue weighted by atomic mass is 32.1. The molecule has 6 nitrogen and oxygen atoms in total. The number of hydrogen-bond donors (Lipinski definition) is 3. The summed E-state index contributed by atoms with van der Waals surface area (Å²) in [4.78, 5) is 15.7. The molecular weight excluding hydrogens is 304 g/mol. The summed E-state index contributed by atoms with van der Waals surface area (Å²) in [5, 5.41) is 22.6. The number of hydrogen-bond acceptors (Lipinski definition) is 6. The summed E-state index contributed by atoms with van der Waals surface area (Å²) in [6, 6.07) is 5.29. The Bertz CT molecular complexity index is 650. The predicted octanol–water partition coefficient (Wildman–Crippen LogP) is 2.22. The second-order valence-electron chi connectivity index (χ2n) is 5.97. The SMILES string of the molecule is CC(C)(C)OC(=O)NCC(O)C(O)c1ccc2ncsc2c1. The number of rotatable bonds is 4. The van der Waals surface area contributed by atoms with Crippen molar-refractivity contribution < 1.29 is 19.7 Å². The van der Waals surface area contributed by atoms with Crippen molar-refractivity contribution in [2.24, 2.45) is 0 Å². The van der Waals surface area contributed by atoms with Gasteiger partial charge in [-0.25, -0.2) is 9.78 Å². The Morgan fingerprint density at radius 3 is 2.82 bits per heavy atom. The molecule has 1 heterocycles. The van der Waals surface area contributed by atoms with Gasteiger partial charge in [-0.3, -0.25) is 0 Å².